The molecule has 0 radical (unpaired) electrons. The lowest BCUT2D eigenvalue weighted by molar-refractivity contribution is 0.627. The highest BCUT2D eigenvalue weighted by molar-refractivity contribution is 9.10. The van der Waals surface area contributed by atoms with Crippen LogP contribution in [0, 0.1) is 12.7 Å². The van der Waals surface area contributed by atoms with E-state index in [1.807, 2.05) is 13.0 Å². The number of aryl methyl sites for hydroxylation is 1. The first kappa shape index (κ1) is 11.3. The van der Waals surface area contributed by atoms with Crippen LogP contribution >= 0.6 is 15.9 Å². The number of hydrogen-bond acceptors (Lipinski definition) is 2. The van der Waals surface area contributed by atoms with E-state index in [1.165, 1.54) is 12.1 Å². The van der Waals surface area contributed by atoms with Crippen LogP contribution in [0.1, 0.15) is 5.56 Å². The molecule has 0 amide bonds. The van der Waals surface area contributed by atoms with Crippen LogP contribution in [0.25, 0.3) is 22.6 Å². The number of H-pyrrole nitrogens is 1. The average molecular weight is 306 g/mol. The Morgan fingerprint density at radius 1 is 1.28 bits per heavy atom. The van der Waals surface area contributed by atoms with Crippen LogP contribution in [0.5, 0.6) is 0 Å². The molecule has 0 aliphatic rings. The van der Waals surface area contributed by atoms with Crippen LogP contribution in [0.2, 0.25) is 0 Å². The van der Waals surface area contributed by atoms with Gasteiger partial charge >= 0.3 is 0 Å². The summed E-state index contributed by atoms with van der Waals surface area (Å²) in [6.45, 7) is 1.99. The van der Waals surface area contributed by atoms with Crippen molar-refractivity contribution in [3.8, 4) is 11.4 Å². The molecule has 90 valence electrons. The van der Waals surface area contributed by atoms with E-state index >= 15 is 0 Å². The van der Waals surface area contributed by atoms with Crippen LogP contribution in [-0.4, -0.2) is 15.0 Å². The van der Waals surface area contributed by atoms with Crippen molar-refractivity contribution in [3.05, 3.63) is 46.3 Å². The number of rotatable bonds is 1. The maximum absolute atomic E-state index is 13.1. The van der Waals surface area contributed by atoms with Crippen molar-refractivity contribution < 1.29 is 4.39 Å². The number of hydrogen-bond donors (Lipinski definition) is 1. The fraction of sp³-hybridized carbons (Fsp3) is 0.0769. The minimum Gasteiger partial charge on any atom is -0.336 e. The SMILES string of the molecule is Cc1ccnc2nc(-c3ccc(F)cc3Br)[nH]c12. The van der Waals surface area contributed by atoms with E-state index in [9.17, 15) is 4.39 Å². The quantitative estimate of drug-likeness (QED) is 0.742. The lowest BCUT2D eigenvalue weighted by atomic mass is 10.2. The summed E-state index contributed by atoms with van der Waals surface area (Å²) in [6.07, 6.45) is 1.72. The lowest BCUT2D eigenvalue weighted by Gasteiger charge is -2.00. The number of benzene rings is 1. The van der Waals surface area contributed by atoms with Crippen molar-refractivity contribution in [1.82, 2.24) is 15.0 Å². The van der Waals surface area contributed by atoms with Gasteiger partial charge in [0.05, 0.1) is 5.52 Å². The fourth-order valence-corrected chi connectivity index (χ4v) is 2.38. The molecule has 3 rings (SSSR count). The standard InChI is InChI=1S/C13H9BrFN3/c1-7-4-5-16-13-11(7)17-12(18-13)9-3-2-8(15)6-10(9)14/h2-6H,1H3,(H,16,17,18). The maximum atomic E-state index is 13.1. The summed E-state index contributed by atoms with van der Waals surface area (Å²) < 4.78 is 13.7. The molecule has 5 heteroatoms. The maximum Gasteiger partial charge on any atom is 0.178 e. The van der Waals surface area contributed by atoms with Crippen molar-refractivity contribution in [2.75, 3.05) is 0 Å². The molecule has 3 aromatic rings. The van der Waals surface area contributed by atoms with Gasteiger partial charge in [0.15, 0.2) is 5.65 Å². The predicted octanol–water partition coefficient (Wildman–Crippen LogP) is 3.83. The second kappa shape index (κ2) is 4.17. The Morgan fingerprint density at radius 2 is 2.11 bits per heavy atom. The third-order valence-corrected chi connectivity index (χ3v) is 3.44. The minimum absolute atomic E-state index is 0.281. The first-order valence-corrected chi connectivity index (χ1v) is 6.21. The molecule has 0 unspecified atom stereocenters. The van der Waals surface area contributed by atoms with Gasteiger partial charge in [-0.1, -0.05) is 0 Å². The van der Waals surface area contributed by atoms with Gasteiger partial charge < -0.3 is 4.98 Å². The molecule has 0 aliphatic heterocycles. The topological polar surface area (TPSA) is 41.6 Å². The van der Waals surface area contributed by atoms with Crippen LogP contribution in [-0.2, 0) is 0 Å². The third-order valence-electron chi connectivity index (χ3n) is 2.79. The molecular weight excluding hydrogens is 297 g/mol. The van der Waals surface area contributed by atoms with Crippen molar-refractivity contribution in [2.45, 2.75) is 6.92 Å². The second-order valence-electron chi connectivity index (χ2n) is 4.04. The predicted molar refractivity (Wildman–Crippen MR) is 71.7 cm³/mol. The van der Waals surface area contributed by atoms with Gasteiger partial charge in [0, 0.05) is 16.2 Å². The van der Waals surface area contributed by atoms with Crippen LogP contribution in [0.15, 0.2) is 34.9 Å². The van der Waals surface area contributed by atoms with Crippen molar-refractivity contribution in [3.63, 3.8) is 0 Å². The molecule has 3 nitrogen and oxygen atoms in total. The lowest BCUT2D eigenvalue weighted by Crippen LogP contribution is -1.84. The van der Waals surface area contributed by atoms with Crippen molar-refractivity contribution >= 4 is 27.1 Å². The Kier molecular flexibility index (Phi) is 2.63. The Morgan fingerprint density at radius 3 is 2.83 bits per heavy atom. The highest BCUT2D eigenvalue weighted by Crippen LogP contribution is 2.28. The normalized spacial score (nSPS) is 11.1. The summed E-state index contributed by atoms with van der Waals surface area (Å²) >= 11 is 3.34. The van der Waals surface area contributed by atoms with Crippen LogP contribution in [0.3, 0.4) is 0 Å². The molecule has 0 spiro atoms. The van der Waals surface area contributed by atoms with E-state index in [0.29, 0.717) is 15.9 Å². The van der Waals surface area contributed by atoms with E-state index in [1.54, 1.807) is 12.3 Å². The Bertz CT molecular complexity index is 736. The molecule has 0 atom stereocenters. The summed E-state index contributed by atoms with van der Waals surface area (Å²) in [5.74, 6) is 0.398. The van der Waals surface area contributed by atoms with Gasteiger partial charge in [0.25, 0.3) is 0 Å². The van der Waals surface area contributed by atoms with E-state index in [4.69, 9.17) is 0 Å². The van der Waals surface area contributed by atoms with Crippen LogP contribution in [0.4, 0.5) is 4.39 Å². The van der Waals surface area contributed by atoms with Gasteiger partial charge in [0.1, 0.15) is 11.6 Å². The first-order chi connectivity index (χ1) is 8.65. The molecular formula is C13H9BrFN3. The van der Waals surface area contributed by atoms with Gasteiger partial charge in [-0.2, -0.15) is 0 Å². The highest BCUT2D eigenvalue weighted by atomic mass is 79.9. The monoisotopic (exact) mass is 305 g/mol. The van der Waals surface area contributed by atoms with E-state index < -0.39 is 0 Å². The molecule has 2 heterocycles. The van der Waals surface area contributed by atoms with Gasteiger partial charge in [-0.25, -0.2) is 14.4 Å². The van der Waals surface area contributed by atoms with Gasteiger partial charge in [-0.15, -0.1) is 0 Å². The van der Waals surface area contributed by atoms with Crippen molar-refractivity contribution in [1.29, 1.82) is 0 Å². The zero-order valence-corrected chi connectivity index (χ0v) is 11.1. The minimum atomic E-state index is -0.281. The summed E-state index contributed by atoms with van der Waals surface area (Å²) in [7, 11) is 0. The molecule has 0 fully saturated rings. The smallest absolute Gasteiger partial charge is 0.178 e. The Hall–Kier alpha value is -1.75. The Labute approximate surface area is 111 Å². The molecule has 0 aliphatic carbocycles. The average Bonchev–Trinajstić information content (AvgIpc) is 2.74. The molecule has 2 aromatic heterocycles. The zero-order valence-electron chi connectivity index (χ0n) is 9.54. The molecule has 0 saturated heterocycles. The number of nitrogens with zero attached hydrogens (tertiary/aromatic N) is 2. The van der Waals surface area contributed by atoms with E-state index in [2.05, 4.69) is 30.9 Å². The molecule has 18 heavy (non-hydrogen) atoms. The number of aromatic nitrogens is 3. The number of pyridine rings is 1. The summed E-state index contributed by atoms with van der Waals surface area (Å²) in [6, 6.07) is 6.44. The highest BCUT2D eigenvalue weighted by Gasteiger charge is 2.11. The zero-order chi connectivity index (χ0) is 12.7. The molecule has 0 saturated carbocycles. The van der Waals surface area contributed by atoms with Gasteiger partial charge in [-0.3, -0.25) is 0 Å². The number of fused-ring (bicyclic) bond motifs is 1. The number of aromatic amines is 1. The van der Waals surface area contributed by atoms with Gasteiger partial charge in [-0.05, 0) is 52.7 Å². The molecule has 1 N–H and O–H groups in total. The number of halogens is 2. The van der Waals surface area contributed by atoms with E-state index in [-0.39, 0.29) is 5.82 Å². The third kappa shape index (κ3) is 1.80. The van der Waals surface area contributed by atoms with Crippen LogP contribution < -0.4 is 0 Å². The Balaban J connectivity index is 2.23. The molecule has 1 aromatic carbocycles. The number of imidazole rings is 1. The fourth-order valence-electron chi connectivity index (χ4n) is 1.84. The largest absolute Gasteiger partial charge is 0.336 e. The summed E-state index contributed by atoms with van der Waals surface area (Å²) in [5, 5.41) is 0. The second-order valence-corrected chi connectivity index (χ2v) is 4.89. The van der Waals surface area contributed by atoms with Gasteiger partial charge in [0.2, 0.25) is 0 Å². The number of nitrogens with one attached hydrogen (secondary N) is 1. The van der Waals surface area contributed by atoms with E-state index in [0.717, 1.165) is 16.6 Å². The molecule has 0 bridgehead atoms. The summed E-state index contributed by atoms with van der Waals surface area (Å²) in [5.41, 5.74) is 3.47. The summed E-state index contributed by atoms with van der Waals surface area (Å²) in [4.78, 5) is 11.8. The first-order valence-electron chi connectivity index (χ1n) is 5.42. The van der Waals surface area contributed by atoms with Crippen molar-refractivity contribution in [2.24, 2.45) is 0 Å².